The number of benzene rings is 5. The van der Waals surface area contributed by atoms with Gasteiger partial charge in [0.1, 0.15) is 12.1 Å². The average molecular weight is 690 g/mol. The van der Waals surface area contributed by atoms with Crippen molar-refractivity contribution in [2.75, 3.05) is 13.1 Å². The maximum absolute atomic E-state index is 13.9. The van der Waals surface area contributed by atoms with E-state index in [1.807, 2.05) is 13.8 Å². The largest absolute Gasteiger partial charge is 0.274 e. The number of nitrogens with zero attached hydrogens (tertiary/aromatic N) is 4. The van der Waals surface area contributed by atoms with Crippen molar-refractivity contribution >= 4 is 113 Å². The van der Waals surface area contributed by atoms with Crippen LogP contribution in [0.15, 0.2) is 12.1 Å². The van der Waals surface area contributed by atoms with Crippen LogP contribution in [-0.4, -0.2) is 46.5 Å². The Bertz CT molecular complexity index is 2240. The molecule has 12 heteroatoms. The van der Waals surface area contributed by atoms with Gasteiger partial charge in [0.25, 0.3) is 23.6 Å². The van der Waals surface area contributed by atoms with Crippen molar-refractivity contribution < 1.29 is 19.2 Å². The summed E-state index contributed by atoms with van der Waals surface area (Å²) in [7, 11) is 0. The number of rotatable bonds is 6. The van der Waals surface area contributed by atoms with Crippen LogP contribution in [0.1, 0.15) is 92.1 Å². The summed E-state index contributed by atoms with van der Waals surface area (Å²) in [4.78, 5) is 57.7. The highest BCUT2D eigenvalue weighted by atomic mass is 35.5. The van der Waals surface area contributed by atoms with Crippen molar-refractivity contribution in [2.45, 2.75) is 39.5 Å². The van der Waals surface area contributed by atoms with Crippen LogP contribution in [0.2, 0.25) is 20.1 Å². The summed E-state index contributed by atoms with van der Waals surface area (Å²) < 4.78 is 0. The van der Waals surface area contributed by atoms with Gasteiger partial charge >= 0.3 is 0 Å². The highest BCUT2D eigenvalue weighted by Gasteiger charge is 2.42. The van der Waals surface area contributed by atoms with Gasteiger partial charge in [0, 0.05) is 66.2 Å². The zero-order chi connectivity index (χ0) is 32.9. The second-order valence-corrected chi connectivity index (χ2v) is 13.0. The molecule has 46 heavy (non-hydrogen) atoms. The Labute approximate surface area is 281 Å². The van der Waals surface area contributed by atoms with E-state index in [9.17, 15) is 29.7 Å². The Balaban J connectivity index is 1.78. The molecule has 0 bridgehead atoms. The van der Waals surface area contributed by atoms with Crippen LogP contribution in [0.4, 0.5) is 0 Å². The molecular weight excluding hydrogens is 670 g/mol. The molecule has 7 rings (SSSR count). The quantitative estimate of drug-likeness (QED) is 0.0997. The number of halogens is 4. The third-order valence-corrected chi connectivity index (χ3v) is 10.4. The molecule has 0 saturated heterocycles. The molecule has 228 valence electrons. The molecule has 8 nitrogen and oxygen atoms in total. The van der Waals surface area contributed by atoms with E-state index in [0.29, 0.717) is 25.7 Å². The summed E-state index contributed by atoms with van der Waals surface area (Å²) in [5.41, 5.74) is -0.203. The number of amides is 4. The summed E-state index contributed by atoms with van der Waals surface area (Å²) in [5, 5.41) is 22.4. The van der Waals surface area contributed by atoms with Gasteiger partial charge in [-0.15, -0.1) is 0 Å². The molecular formula is C34H20Cl4N4O4. The molecule has 0 N–H and O–H groups in total. The van der Waals surface area contributed by atoms with Crippen LogP contribution in [0.5, 0.6) is 0 Å². The Morgan fingerprint density at radius 2 is 0.935 bits per heavy atom. The lowest BCUT2D eigenvalue weighted by atomic mass is 9.79. The first-order chi connectivity index (χ1) is 22.0. The first-order valence-electron chi connectivity index (χ1n) is 14.6. The fourth-order valence-corrected chi connectivity index (χ4v) is 8.22. The van der Waals surface area contributed by atoms with E-state index < -0.39 is 23.6 Å². The molecule has 5 aromatic rings. The summed E-state index contributed by atoms with van der Waals surface area (Å²) in [6.07, 6.45) is 2.53. The molecule has 0 saturated carbocycles. The van der Waals surface area contributed by atoms with E-state index in [1.165, 1.54) is 12.1 Å². The normalized spacial score (nSPS) is 14.4. The van der Waals surface area contributed by atoms with Crippen LogP contribution in [0.25, 0.3) is 43.1 Å². The third-order valence-electron chi connectivity index (χ3n) is 9.00. The smallest absolute Gasteiger partial charge is 0.262 e. The van der Waals surface area contributed by atoms with E-state index in [-0.39, 0.29) is 110 Å². The summed E-state index contributed by atoms with van der Waals surface area (Å²) in [6, 6.07) is 6.96. The van der Waals surface area contributed by atoms with Gasteiger partial charge in [-0.2, -0.15) is 10.5 Å². The van der Waals surface area contributed by atoms with Crippen molar-refractivity contribution in [1.82, 2.24) is 9.80 Å². The topological polar surface area (TPSA) is 122 Å². The lowest BCUT2D eigenvalue weighted by Gasteiger charge is -2.32. The van der Waals surface area contributed by atoms with Crippen LogP contribution in [0, 0.1) is 22.7 Å². The standard InChI is InChI=1S/C34H20Cl4N4O4/c1-3-5-7-41-31(43)13-9-17(35)23-25-19(13)21(33(41)45)15(11-39)29(37)27(25)24-18(36)10-14-20-22(16(12-40)30(38)28(23)26(20)24)34(46)42(32(14)44)8-6-4-2/h9-10H,3-8H2,1-2H3. The number of hydrogen-bond acceptors (Lipinski definition) is 6. The Kier molecular flexibility index (Phi) is 7.08. The Hall–Kier alpha value is -4.18. The van der Waals surface area contributed by atoms with E-state index >= 15 is 0 Å². The number of imide groups is 2. The van der Waals surface area contributed by atoms with Crippen molar-refractivity contribution in [1.29, 1.82) is 10.5 Å². The molecule has 0 fully saturated rings. The molecule has 0 radical (unpaired) electrons. The SMILES string of the molecule is CCCCN1C(=O)c2cc(Cl)c3c4c(Cl)c(C#N)c5c6c(cc(Cl)c(c7c(Cl)c(C#N)c(c2c37)C1=O)c64)C(=O)N(CCCC)C5=O. The number of fused-ring (bicyclic) bond motifs is 2. The second-order valence-electron chi connectivity index (χ2n) is 11.4. The molecule has 0 unspecified atom stereocenters. The highest BCUT2D eigenvalue weighted by molar-refractivity contribution is 6.56. The zero-order valence-corrected chi connectivity index (χ0v) is 27.4. The lowest BCUT2D eigenvalue weighted by Crippen LogP contribution is -2.41. The number of carbonyl (C=O) groups excluding carboxylic acids is 4. The van der Waals surface area contributed by atoms with E-state index in [2.05, 4.69) is 12.1 Å². The van der Waals surface area contributed by atoms with Gasteiger partial charge in [0.2, 0.25) is 0 Å². The van der Waals surface area contributed by atoms with Crippen molar-refractivity contribution in [3.05, 3.63) is 65.6 Å². The summed E-state index contributed by atoms with van der Waals surface area (Å²) in [5.74, 6) is -2.49. The Morgan fingerprint density at radius 1 is 0.565 bits per heavy atom. The molecule has 0 spiro atoms. The molecule has 5 aromatic carbocycles. The number of carbonyl (C=O) groups is 4. The number of nitriles is 2. The molecule has 2 aliphatic rings. The Morgan fingerprint density at radius 3 is 1.26 bits per heavy atom. The van der Waals surface area contributed by atoms with Gasteiger partial charge in [0.05, 0.1) is 43.4 Å². The predicted octanol–water partition coefficient (Wildman–Crippen LogP) is 8.89. The van der Waals surface area contributed by atoms with Gasteiger partial charge < -0.3 is 0 Å². The zero-order valence-electron chi connectivity index (χ0n) is 24.3. The molecule has 0 aromatic heterocycles. The summed E-state index contributed by atoms with van der Waals surface area (Å²) in [6.45, 7) is 4.11. The van der Waals surface area contributed by atoms with Gasteiger partial charge in [-0.05, 0) is 25.0 Å². The number of hydrogen-bond donors (Lipinski definition) is 0. The van der Waals surface area contributed by atoms with Gasteiger partial charge in [0.15, 0.2) is 0 Å². The van der Waals surface area contributed by atoms with Crippen LogP contribution < -0.4 is 0 Å². The third kappa shape index (κ3) is 3.67. The van der Waals surface area contributed by atoms with Crippen molar-refractivity contribution in [3.63, 3.8) is 0 Å². The minimum atomic E-state index is -0.668. The van der Waals surface area contributed by atoms with Crippen molar-refractivity contribution in [3.8, 4) is 12.1 Å². The summed E-state index contributed by atoms with van der Waals surface area (Å²) >= 11 is 28.1. The van der Waals surface area contributed by atoms with E-state index in [4.69, 9.17) is 46.4 Å². The molecule has 0 aliphatic carbocycles. The van der Waals surface area contributed by atoms with Crippen LogP contribution in [0.3, 0.4) is 0 Å². The lowest BCUT2D eigenvalue weighted by molar-refractivity contribution is 0.0593. The minimum Gasteiger partial charge on any atom is -0.274 e. The molecule has 2 heterocycles. The number of unbranched alkanes of at least 4 members (excludes halogenated alkanes) is 2. The maximum atomic E-state index is 13.9. The monoisotopic (exact) mass is 688 g/mol. The molecule has 2 aliphatic heterocycles. The van der Waals surface area contributed by atoms with E-state index in [1.54, 1.807) is 0 Å². The molecule has 4 amide bonds. The first-order valence-corrected chi connectivity index (χ1v) is 16.1. The fourth-order valence-electron chi connectivity index (χ4n) is 6.98. The first kappa shape index (κ1) is 30.5. The van der Waals surface area contributed by atoms with Crippen LogP contribution in [-0.2, 0) is 0 Å². The van der Waals surface area contributed by atoms with E-state index in [0.717, 1.165) is 9.80 Å². The van der Waals surface area contributed by atoms with Crippen LogP contribution >= 0.6 is 46.4 Å². The van der Waals surface area contributed by atoms with Crippen molar-refractivity contribution in [2.24, 2.45) is 0 Å². The minimum absolute atomic E-state index is 0.0476. The van der Waals surface area contributed by atoms with Gasteiger partial charge in [-0.3, -0.25) is 29.0 Å². The average Bonchev–Trinajstić information content (AvgIpc) is 3.03. The highest BCUT2D eigenvalue weighted by Crippen LogP contribution is 2.55. The maximum Gasteiger partial charge on any atom is 0.262 e. The van der Waals surface area contributed by atoms with Gasteiger partial charge in [-0.1, -0.05) is 73.1 Å². The fraction of sp³-hybridized carbons (Fsp3) is 0.235. The molecule has 0 atom stereocenters. The van der Waals surface area contributed by atoms with Gasteiger partial charge in [-0.25, -0.2) is 0 Å². The second kappa shape index (κ2) is 10.7. The predicted molar refractivity (Wildman–Crippen MR) is 178 cm³/mol.